The highest BCUT2D eigenvalue weighted by Crippen LogP contribution is 2.49. The Morgan fingerprint density at radius 1 is 1.07 bits per heavy atom. The molecule has 11 heteroatoms. The number of imidazole rings is 1. The molecule has 0 N–H and O–H groups in total. The normalized spacial score (nSPS) is 28.9. The minimum atomic E-state index is -0.786. The topological polar surface area (TPSA) is 110 Å². The summed E-state index contributed by atoms with van der Waals surface area (Å²) in [4.78, 5) is 12.6. The molecule has 0 radical (unpaired) electrons. The summed E-state index contributed by atoms with van der Waals surface area (Å²) in [7, 11) is 0. The number of fused-ring (bicyclic) bond motifs is 2. The lowest BCUT2D eigenvalue weighted by atomic mass is 9.97. The SMILES string of the molecule is CC1(C)OC2C(c3nnc(C(C)(C)C)o3)OC(n3cnc4c(Cl)ncnc43)C2O1. The summed E-state index contributed by atoms with van der Waals surface area (Å²) in [6, 6.07) is 0. The molecule has 0 spiro atoms. The maximum atomic E-state index is 6.30. The van der Waals surface area contributed by atoms with Crippen LogP contribution < -0.4 is 0 Å². The molecular weight excluding hydrogens is 400 g/mol. The number of hydrogen-bond donors (Lipinski definition) is 0. The van der Waals surface area contributed by atoms with E-state index in [-0.39, 0.29) is 10.6 Å². The van der Waals surface area contributed by atoms with Gasteiger partial charge in [0.1, 0.15) is 24.1 Å². The molecule has 2 aliphatic rings. The largest absolute Gasteiger partial charge is 0.422 e. The molecule has 2 saturated heterocycles. The fourth-order valence-electron chi connectivity index (χ4n) is 3.66. The van der Waals surface area contributed by atoms with Gasteiger partial charge in [0.25, 0.3) is 0 Å². The van der Waals surface area contributed by atoms with Crippen molar-refractivity contribution in [2.75, 3.05) is 0 Å². The van der Waals surface area contributed by atoms with E-state index in [1.807, 2.05) is 34.6 Å². The fraction of sp³-hybridized carbons (Fsp3) is 0.611. The predicted molar refractivity (Wildman–Crippen MR) is 100 cm³/mol. The number of rotatable bonds is 2. The van der Waals surface area contributed by atoms with Gasteiger partial charge < -0.3 is 18.6 Å². The molecule has 0 amide bonds. The second-order valence-corrected chi connectivity index (χ2v) is 9.05. The quantitative estimate of drug-likeness (QED) is 0.577. The van der Waals surface area contributed by atoms with Crippen molar-refractivity contribution in [3.63, 3.8) is 0 Å². The van der Waals surface area contributed by atoms with Gasteiger partial charge in [0.2, 0.25) is 11.8 Å². The Morgan fingerprint density at radius 2 is 1.83 bits per heavy atom. The minimum Gasteiger partial charge on any atom is -0.422 e. The maximum absolute atomic E-state index is 6.30. The maximum Gasteiger partial charge on any atom is 0.248 e. The Labute approximate surface area is 171 Å². The molecule has 5 rings (SSSR count). The molecule has 0 bridgehead atoms. The van der Waals surface area contributed by atoms with Gasteiger partial charge in [0.15, 0.2) is 28.9 Å². The van der Waals surface area contributed by atoms with Gasteiger partial charge >= 0.3 is 0 Å². The van der Waals surface area contributed by atoms with E-state index in [2.05, 4.69) is 25.1 Å². The number of halogens is 1. The second-order valence-electron chi connectivity index (χ2n) is 8.70. The Bertz CT molecular complexity index is 1070. The molecule has 3 aromatic heterocycles. The zero-order chi connectivity index (χ0) is 20.6. The van der Waals surface area contributed by atoms with Gasteiger partial charge in [0, 0.05) is 5.41 Å². The third-order valence-corrected chi connectivity index (χ3v) is 5.22. The van der Waals surface area contributed by atoms with Crippen LogP contribution in [0, 0.1) is 0 Å². The zero-order valence-corrected chi connectivity index (χ0v) is 17.4. The molecule has 154 valence electrons. The van der Waals surface area contributed by atoms with Gasteiger partial charge in [-0.2, -0.15) is 0 Å². The van der Waals surface area contributed by atoms with Crippen LogP contribution in [-0.2, 0) is 19.6 Å². The van der Waals surface area contributed by atoms with Gasteiger partial charge in [-0.15, -0.1) is 10.2 Å². The molecule has 2 fully saturated rings. The molecular formula is C18H21ClN6O4. The first-order valence-corrected chi connectivity index (χ1v) is 9.70. The van der Waals surface area contributed by atoms with Gasteiger partial charge in [-0.1, -0.05) is 32.4 Å². The number of hydrogen-bond acceptors (Lipinski definition) is 9. The summed E-state index contributed by atoms with van der Waals surface area (Å²) >= 11 is 6.15. The van der Waals surface area contributed by atoms with E-state index >= 15 is 0 Å². The molecule has 4 unspecified atom stereocenters. The van der Waals surface area contributed by atoms with Gasteiger partial charge in [-0.05, 0) is 13.8 Å². The molecule has 0 aliphatic carbocycles. The van der Waals surface area contributed by atoms with Gasteiger partial charge in [-0.3, -0.25) is 4.57 Å². The van der Waals surface area contributed by atoms with E-state index in [0.29, 0.717) is 22.9 Å². The van der Waals surface area contributed by atoms with Crippen molar-refractivity contribution < 1.29 is 18.6 Å². The smallest absolute Gasteiger partial charge is 0.248 e. The number of aromatic nitrogens is 6. The average molecular weight is 421 g/mol. The highest BCUT2D eigenvalue weighted by atomic mass is 35.5. The van der Waals surface area contributed by atoms with Crippen LogP contribution in [0.3, 0.4) is 0 Å². The van der Waals surface area contributed by atoms with Crippen LogP contribution >= 0.6 is 11.6 Å². The summed E-state index contributed by atoms with van der Waals surface area (Å²) in [5.74, 6) is 0.0959. The van der Waals surface area contributed by atoms with Crippen LogP contribution in [0.1, 0.15) is 58.7 Å². The summed E-state index contributed by atoms with van der Waals surface area (Å²) in [5.41, 5.74) is 0.760. The van der Waals surface area contributed by atoms with Crippen LogP contribution in [0.2, 0.25) is 5.15 Å². The Morgan fingerprint density at radius 3 is 2.55 bits per heavy atom. The van der Waals surface area contributed by atoms with E-state index < -0.39 is 30.3 Å². The predicted octanol–water partition coefficient (Wildman–Crippen LogP) is 2.95. The molecule has 4 atom stereocenters. The summed E-state index contributed by atoms with van der Waals surface area (Å²) in [6.45, 7) is 9.73. The highest BCUT2D eigenvalue weighted by molar-refractivity contribution is 6.33. The lowest BCUT2D eigenvalue weighted by Crippen LogP contribution is -2.27. The highest BCUT2D eigenvalue weighted by Gasteiger charge is 2.58. The van der Waals surface area contributed by atoms with Crippen molar-refractivity contribution in [2.45, 2.75) is 70.4 Å². The van der Waals surface area contributed by atoms with Crippen molar-refractivity contribution in [1.82, 2.24) is 29.7 Å². The Hall–Kier alpha value is -2.14. The van der Waals surface area contributed by atoms with Crippen LogP contribution in [0.25, 0.3) is 11.2 Å². The average Bonchev–Trinajstić information content (AvgIpc) is 3.36. The van der Waals surface area contributed by atoms with Crippen molar-refractivity contribution in [3.8, 4) is 0 Å². The summed E-state index contributed by atoms with van der Waals surface area (Å²) in [6.07, 6.45) is 0.983. The Balaban J connectivity index is 1.55. The van der Waals surface area contributed by atoms with Crippen molar-refractivity contribution in [3.05, 3.63) is 29.6 Å². The fourth-order valence-corrected chi connectivity index (χ4v) is 3.84. The van der Waals surface area contributed by atoms with E-state index in [1.54, 1.807) is 10.9 Å². The first kappa shape index (κ1) is 18.9. The minimum absolute atomic E-state index is 0.274. The molecule has 29 heavy (non-hydrogen) atoms. The Kier molecular flexibility index (Phi) is 4.02. The summed E-state index contributed by atoms with van der Waals surface area (Å²) in [5, 5.41) is 8.67. The van der Waals surface area contributed by atoms with E-state index in [4.69, 9.17) is 30.2 Å². The molecule has 0 aromatic carbocycles. The van der Waals surface area contributed by atoms with Crippen LogP contribution in [-0.4, -0.2) is 47.7 Å². The molecule has 5 heterocycles. The third kappa shape index (κ3) is 3.02. The summed E-state index contributed by atoms with van der Waals surface area (Å²) < 4.78 is 26.3. The van der Waals surface area contributed by atoms with Crippen LogP contribution in [0.5, 0.6) is 0 Å². The van der Waals surface area contributed by atoms with Gasteiger partial charge in [-0.25, -0.2) is 15.0 Å². The van der Waals surface area contributed by atoms with Crippen LogP contribution in [0.4, 0.5) is 0 Å². The number of ether oxygens (including phenoxy) is 3. The lowest BCUT2D eigenvalue weighted by molar-refractivity contribution is -0.199. The van der Waals surface area contributed by atoms with Crippen molar-refractivity contribution in [2.24, 2.45) is 0 Å². The van der Waals surface area contributed by atoms with E-state index in [9.17, 15) is 0 Å². The second kappa shape index (κ2) is 6.18. The molecule has 0 saturated carbocycles. The van der Waals surface area contributed by atoms with Gasteiger partial charge in [0.05, 0.1) is 6.33 Å². The standard InChI is InChI=1S/C18H21ClN6O4/c1-17(2,3)16-24-23-14(27-16)10-9-11(29-18(4,5)28-9)15(26-10)25-7-22-8-12(19)20-6-21-13(8)25/h6-7,9-11,15H,1-5H3. The number of nitrogens with zero attached hydrogens (tertiary/aromatic N) is 6. The molecule has 3 aromatic rings. The van der Waals surface area contributed by atoms with E-state index in [1.165, 1.54) is 6.33 Å². The van der Waals surface area contributed by atoms with Crippen LogP contribution in [0.15, 0.2) is 17.1 Å². The molecule has 2 aliphatic heterocycles. The first-order valence-electron chi connectivity index (χ1n) is 9.32. The van der Waals surface area contributed by atoms with Crippen molar-refractivity contribution in [1.29, 1.82) is 0 Å². The first-order chi connectivity index (χ1) is 13.6. The van der Waals surface area contributed by atoms with E-state index in [0.717, 1.165) is 0 Å². The zero-order valence-electron chi connectivity index (χ0n) is 16.7. The molecule has 10 nitrogen and oxygen atoms in total. The third-order valence-electron chi connectivity index (χ3n) is 4.94. The van der Waals surface area contributed by atoms with Crippen molar-refractivity contribution >= 4 is 22.8 Å². The lowest BCUT2D eigenvalue weighted by Gasteiger charge is -2.23. The monoisotopic (exact) mass is 420 g/mol.